The van der Waals surface area contributed by atoms with Gasteiger partial charge in [0.05, 0.1) is 23.5 Å². The van der Waals surface area contributed by atoms with Crippen LogP contribution in [0.25, 0.3) is 0 Å². The third-order valence-corrected chi connectivity index (χ3v) is 1.83. The van der Waals surface area contributed by atoms with Crippen molar-refractivity contribution in [3.05, 3.63) is 36.2 Å². The predicted molar refractivity (Wildman–Crippen MR) is 45.9 cm³/mol. The first kappa shape index (κ1) is 7.28. The van der Waals surface area contributed by atoms with E-state index in [-0.39, 0.29) is 0 Å². The fraction of sp³-hybridized carbons (Fsp3) is 0.143. The van der Waals surface area contributed by atoms with Crippen molar-refractivity contribution >= 4 is 12.1 Å². The van der Waals surface area contributed by atoms with Crippen LogP contribution in [0.3, 0.4) is 0 Å². The maximum atomic E-state index is 3.61. The lowest BCUT2D eigenvalue weighted by atomic mass is 10.3. The van der Waals surface area contributed by atoms with E-state index in [4.69, 9.17) is 0 Å². The van der Waals surface area contributed by atoms with Gasteiger partial charge in [-0.1, -0.05) is 18.7 Å². The van der Waals surface area contributed by atoms with E-state index < -0.39 is 0 Å². The smallest absolute Gasteiger partial charge is 0.0693 e. The van der Waals surface area contributed by atoms with E-state index in [0.29, 0.717) is 0 Å². The zero-order chi connectivity index (χ0) is 7.40. The largest absolute Gasteiger partial charge is 0.310 e. The van der Waals surface area contributed by atoms with Crippen molar-refractivity contribution in [1.29, 1.82) is 0 Å². The van der Waals surface area contributed by atoms with Crippen molar-refractivity contribution in [1.82, 2.24) is 9.44 Å². The zero-order valence-electron chi connectivity index (χ0n) is 5.85. The van der Waals surface area contributed by atoms with Crippen LogP contribution in [-0.2, 0) is 0 Å². The molecule has 0 aromatic rings. The molecule has 1 rings (SSSR count). The second-order valence-electron chi connectivity index (χ2n) is 1.82. The van der Waals surface area contributed by atoms with Gasteiger partial charge >= 0.3 is 0 Å². The molecule has 0 aromatic carbocycles. The Morgan fingerprint density at radius 1 is 1.40 bits per heavy atom. The molecule has 0 bridgehead atoms. The van der Waals surface area contributed by atoms with Crippen LogP contribution >= 0.6 is 12.1 Å². The second kappa shape index (κ2) is 3.37. The van der Waals surface area contributed by atoms with Gasteiger partial charge in [-0.25, -0.2) is 0 Å². The topological polar surface area (TPSA) is 24.1 Å². The molecule has 10 heavy (non-hydrogen) atoms. The van der Waals surface area contributed by atoms with Crippen molar-refractivity contribution in [3.63, 3.8) is 0 Å². The summed E-state index contributed by atoms with van der Waals surface area (Å²) in [7, 11) is 0. The summed E-state index contributed by atoms with van der Waals surface area (Å²) < 4.78 is 6.18. The van der Waals surface area contributed by atoms with E-state index in [9.17, 15) is 0 Å². The van der Waals surface area contributed by atoms with Crippen LogP contribution in [0.15, 0.2) is 36.2 Å². The molecule has 1 heterocycles. The van der Waals surface area contributed by atoms with Crippen molar-refractivity contribution in [2.45, 2.75) is 6.92 Å². The van der Waals surface area contributed by atoms with E-state index in [1.54, 1.807) is 6.08 Å². The van der Waals surface area contributed by atoms with Crippen LogP contribution in [0.2, 0.25) is 0 Å². The summed E-state index contributed by atoms with van der Waals surface area (Å²) in [6, 6.07) is 0. The van der Waals surface area contributed by atoms with Gasteiger partial charge in [0.2, 0.25) is 0 Å². The van der Waals surface area contributed by atoms with Crippen LogP contribution in [0.4, 0.5) is 0 Å². The molecule has 1 saturated heterocycles. The molecule has 0 saturated carbocycles. The summed E-state index contributed by atoms with van der Waals surface area (Å²) in [5.74, 6) is 0. The molecule has 0 atom stereocenters. The highest BCUT2D eigenvalue weighted by molar-refractivity contribution is 7.96. The molecule has 0 amide bonds. The van der Waals surface area contributed by atoms with Gasteiger partial charge < -0.3 is 9.44 Å². The number of allylic oxidation sites excluding steroid dienone is 3. The van der Waals surface area contributed by atoms with Crippen LogP contribution in [0.5, 0.6) is 0 Å². The molecular formula is C7H10N2S. The van der Waals surface area contributed by atoms with Gasteiger partial charge in [-0.05, 0) is 13.0 Å². The van der Waals surface area contributed by atoms with Crippen molar-refractivity contribution in [3.8, 4) is 0 Å². The summed E-state index contributed by atoms with van der Waals surface area (Å²) in [5, 5.41) is 0. The Bertz CT molecular complexity index is 194. The quantitative estimate of drug-likeness (QED) is 0.562. The monoisotopic (exact) mass is 154 g/mol. The Kier molecular flexibility index (Phi) is 2.45. The summed E-state index contributed by atoms with van der Waals surface area (Å²) in [5.41, 5.74) is 2.20. The fourth-order valence-corrected chi connectivity index (χ4v) is 1.38. The van der Waals surface area contributed by atoms with Crippen LogP contribution < -0.4 is 9.44 Å². The number of nitrogens with one attached hydrogen (secondary N) is 2. The van der Waals surface area contributed by atoms with Gasteiger partial charge in [-0.2, -0.15) is 0 Å². The molecule has 0 aliphatic carbocycles. The molecule has 1 aliphatic heterocycles. The Hall–Kier alpha value is -0.830. The minimum absolute atomic E-state index is 1.09. The van der Waals surface area contributed by atoms with Crippen LogP contribution in [-0.4, -0.2) is 0 Å². The maximum Gasteiger partial charge on any atom is 0.0693 e. The Morgan fingerprint density at radius 2 is 2.10 bits per heavy atom. The van der Waals surface area contributed by atoms with E-state index in [0.717, 1.165) is 11.4 Å². The first-order valence-corrected chi connectivity index (χ1v) is 3.87. The van der Waals surface area contributed by atoms with Gasteiger partial charge in [0.1, 0.15) is 0 Å². The molecule has 3 heteroatoms. The summed E-state index contributed by atoms with van der Waals surface area (Å²) in [6.07, 6.45) is 5.71. The molecule has 54 valence electrons. The third-order valence-electron chi connectivity index (χ3n) is 1.19. The summed E-state index contributed by atoms with van der Waals surface area (Å²) in [4.78, 5) is 0. The number of hydrogen-bond donors (Lipinski definition) is 2. The maximum absolute atomic E-state index is 3.61. The molecular weight excluding hydrogens is 144 g/mol. The number of hydrogen-bond acceptors (Lipinski definition) is 3. The molecule has 0 spiro atoms. The van der Waals surface area contributed by atoms with Crippen molar-refractivity contribution in [2.24, 2.45) is 0 Å². The zero-order valence-corrected chi connectivity index (χ0v) is 6.66. The predicted octanol–water partition coefficient (Wildman–Crippen LogP) is 1.72. The van der Waals surface area contributed by atoms with Gasteiger partial charge in [0.15, 0.2) is 0 Å². The first-order chi connectivity index (χ1) is 4.88. The highest BCUT2D eigenvalue weighted by Gasteiger charge is 2.09. The lowest BCUT2D eigenvalue weighted by Gasteiger charge is -1.93. The summed E-state index contributed by atoms with van der Waals surface area (Å²) >= 11 is 1.47. The first-order valence-electron chi connectivity index (χ1n) is 3.05. The molecule has 2 N–H and O–H groups in total. The van der Waals surface area contributed by atoms with E-state index in [1.165, 1.54) is 12.1 Å². The lowest BCUT2D eigenvalue weighted by Crippen LogP contribution is -1.96. The highest BCUT2D eigenvalue weighted by Crippen LogP contribution is 2.16. The minimum Gasteiger partial charge on any atom is -0.310 e. The van der Waals surface area contributed by atoms with Crippen molar-refractivity contribution < 1.29 is 0 Å². The van der Waals surface area contributed by atoms with E-state index in [1.807, 2.05) is 19.1 Å². The lowest BCUT2D eigenvalue weighted by molar-refractivity contribution is 1.20. The molecule has 1 aliphatic rings. The van der Waals surface area contributed by atoms with Crippen LogP contribution in [0, 0.1) is 0 Å². The third kappa shape index (κ3) is 1.36. The van der Waals surface area contributed by atoms with Gasteiger partial charge in [-0.3, -0.25) is 0 Å². The number of rotatable bonds is 1. The standard InChI is InChI=1S/C7H10N2S/c1-3-5-7-6(4-2)8-10-9-7/h3-5,8-9H,1H2,2H3/b6-4+,7-5+. The van der Waals surface area contributed by atoms with Gasteiger partial charge in [-0.15, -0.1) is 0 Å². The van der Waals surface area contributed by atoms with Crippen molar-refractivity contribution in [2.75, 3.05) is 0 Å². The van der Waals surface area contributed by atoms with Gasteiger partial charge in [0.25, 0.3) is 0 Å². The molecule has 1 fully saturated rings. The van der Waals surface area contributed by atoms with E-state index in [2.05, 4.69) is 16.0 Å². The second-order valence-corrected chi connectivity index (χ2v) is 2.44. The molecule has 0 radical (unpaired) electrons. The Labute approximate surface area is 65.3 Å². The molecule has 2 nitrogen and oxygen atoms in total. The average Bonchev–Trinajstić information content (AvgIpc) is 2.36. The Balaban J connectivity index is 2.77. The Morgan fingerprint density at radius 3 is 2.70 bits per heavy atom. The van der Waals surface area contributed by atoms with Crippen LogP contribution in [0.1, 0.15) is 6.92 Å². The van der Waals surface area contributed by atoms with Gasteiger partial charge in [0, 0.05) is 0 Å². The normalized spacial score (nSPS) is 24.5. The fourth-order valence-electron chi connectivity index (χ4n) is 0.702. The molecule has 0 unspecified atom stereocenters. The molecule has 0 aromatic heterocycles. The highest BCUT2D eigenvalue weighted by atomic mass is 32.2. The SMILES string of the molecule is C=C/C=C1/NSN/C1=C/C. The average molecular weight is 154 g/mol. The summed E-state index contributed by atoms with van der Waals surface area (Å²) in [6.45, 7) is 5.61. The van der Waals surface area contributed by atoms with E-state index >= 15 is 0 Å². The minimum atomic E-state index is 1.09.